The second kappa shape index (κ2) is 4.06. The van der Waals surface area contributed by atoms with Crippen molar-refractivity contribution in [3.8, 4) is 10.7 Å². The van der Waals surface area contributed by atoms with Crippen molar-refractivity contribution in [2.45, 2.75) is 19.3 Å². The number of thiophene rings is 1. The van der Waals surface area contributed by atoms with Crippen molar-refractivity contribution in [3.05, 3.63) is 28.6 Å². The Balaban J connectivity index is 1.81. The summed E-state index contributed by atoms with van der Waals surface area (Å²) in [6.45, 7) is 0. The van der Waals surface area contributed by atoms with Crippen LogP contribution in [0.3, 0.4) is 0 Å². The topological polar surface area (TPSA) is 53.6 Å². The fourth-order valence-electron chi connectivity index (χ4n) is 2.59. The molecule has 0 saturated carbocycles. The molecule has 1 aliphatic carbocycles. The van der Waals surface area contributed by atoms with Crippen LogP contribution in [-0.2, 0) is 12.8 Å². The molecular weight excluding hydrogens is 256 g/mol. The molecule has 5 heteroatoms. The normalized spacial score (nSPS) is 13.9. The minimum atomic E-state index is 0.774. The van der Waals surface area contributed by atoms with E-state index in [9.17, 15) is 0 Å². The van der Waals surface area contributed by atoms with E-state index in [-0.39, 0.29) is 0 Å². The molecular formula is C14H14N4S. The molecule has 0 radical (unpaired) electrons. The van der Waals surface area contributed by atoms with Gasteiger partial charge in [-0.05, 0) is 43.0 Å². The Kier molecular flexibility index (Phi) is 2.35. The van der Waals surface area contributed by atoms with Gasteiger partial charge in [-0.15, -0.1) is 11.3 Å². The van der Waals surface area contributed by atoms with Crippen molar-refractivity contribution in [2.24, 2.45) is 0 Å². The molecule has 0 atom stereocenters. The standard InChI is InChI=1S/C14H14N4S/c1-15-12-6-5-9-13(17-12)18-14(16-9)11-7-8-3-2-4-10(8)19-11/h5-7H,2-4H2,1H3,(H2,15,16,17,18). The third kappa shape index (κ3) is 1.73. The van der Waals surface area contributed by atoms with Crippen LogP contribution in [0.4, 0.5) is 5.82 Å². The lowest BCUT2D eigenvalue weighted by atomic mass is 10.2. The number of aryl methyl sites for hydroxylation is 2. The van der Waals surface area contributed by atoms with E-state index in [0.717, 1.165) is 22.8 Å². The van der Waals surface area contributed by atoms with Gasteiger partial charge in [0.2, 0.25) is 0 Å². The van der Waals surface area contributed by atoms with E-state index >= 15 is 0 Å². The van der Waals surface area contributed by atoms with Gasteiger partial charge in [0.25, 0.3) is 0 Å². The third-order valence-corrected chi connectivity index (χ3v) is 4.83. The molecule has 0 bridgehead atoms. The predicted molar refractivity (Wildman–Crippen MR) is 78.8 cm³/mol. The van der Waals surface area contributed by atoms with E-state index in [1.807, 2.05) is 30.5 Å². The fourth-order valence-corrected chi connectivity index (χ4v) is 3.79. The Labute approximate surface area is 114 Å². The summed E-state index contributed by atoms with van der Waals surface area (Å²) in [6.07, 6.45) is 3.74. The molecule has 0 aliphatic heterocycles. The van der Waals surface area contributed by atoms with Crippen LogP contribution in [0.2, 0.25) is 0 Å². The summed E-state index contributed by atoms with van der Waals surface area (Å²) in [6, 6.07) is 6.26. The molecule has 3 heterocycles. The van der Waals surface area contributed by atoms with Gasteiger partial charge in [-0.25, -0.2) is 9.97 Å². The predicted octanol–water partition coefficient (Wildman–Crippen LogP) is 3.22. The van der Waals surface area contributed by atoms with Crippen LogP contribution in [0.5, 0.6) is 0 Å². The first kappa shape index (κ1) is 11.0. The lowest BCUT2D eigenvalue weighted by molar-refractivity contribution is 0.915. The molecule has 4 rings (SSSR count). The van der Waals surface area contributed by atoms with E-state index in [1.54, 1.807) is 0 Å². The Morgan fingerprint density at radius 3 is 3.05 bits per heavy atom. The van der Waals surface area contributed by atoms with E-state index in [4.69, 9.17) is 0 Å². The number of nitrogens with one attached hydrogen (secondary N) is 2. The van der Waals surface area contributed by atoms with Gasteiger partial charge >= 0.3 is 0 Å². The van der Waals surface area contributed by atoms with Gasteiger partial charge in [0.15, 0.2) is 11.5 Å². The van der Waals surface area contributed by atoms with Crippen molar-refractivity contribution < 1.29 is 0 Å². The number of rotatable bonds is 2. The van der Waals surface area contributed by atoms with Crippen molar-refractivity contribution in [2.75, 3.05) is 12.4 Å². The molecule has 19 heavy (non-hydrogen) atoms. The Morgan fingerprint density at radius 1 is 1.26 bits per heavy atom. The zero-order valence-corrected chi connectivity index (χ0v) is 11.5. The number of hydrogen-bond acceptors (Lipinski definition) is 4. The summed E-state index contributed by atoms with van der Waals surface area (Å²) in [5.74, 6) is 1.79. The second-order valence-corrected chi connectivity index (χ2v) is 5.95. The maximum absolute atomic E-state index is 4.61. The van der Waals surface area contributed by atoms with Gasteiger partial charge in [0.05, 0.1) is 10.4 Å². The zero-order chi connectivity index (χ0) is 12.8. The highest BCUT2D eigenvalue weighted by Gasteiger charge is 2.17. The molecule has 4 nitrogen and oxygen atoms in total. The molecule has 0 spiro atoms. The number of hydrogen-bond donors (Lipinski definition) is 2. The Morgan fingerprint density at radius 2 is 2.21 bits per heavy atom. The number of nitrogens with zero attached hydrogens (tertiary/aromatic N) is 2. The SMILES string of the molecule is CNc1ccc2[nH]c(-c3cc4c(s3)CCC4)nc2n1. The number of aromatic amines is 1. The Hall–Kier alpha value is -1.88. The zero-order valence-electron chi connectivity index (χ0n) is 10.7. The van der Waals surface area contributed by atoms with Crippen LogP contribution >= 0.6 is 11.3 Å². The number of H-pyrrole nitrogens is 1. The highest BCUT2D eigenvalue weighted by Crippen LogP contribution is 2.35. The molecule has 3 aromatic heterocycles. The smallest absolute Gasteiger partial charge is 0.180 e. The summed E-state index contributed by atoms with van der Waals surface area (Å²) in [5, 5.41) is 3.04. The summed E-state index contributed by atoms with van der Waals surface area (Å²) in [4.78, 5) is 15.2. The minimum absolute atomic E-state index is 0.774. The van der Waals surface area contributed by atoms with Crippen LogP contribution < -0.4 is 5.32 Å². The molecule has 96 valence electrons. The average Bonchev–Trinajstić information content (AvgIpc) is 3.10. The molecule has 0 fully saturated rings. The lowest BCUT2D eigenvalue weighted by Crippen LogP contribution is -1.91. The monoisotopic (exact) mass is 270 g/mol. The quantitative estimate of drug-likeness (QED) is 0.751. The van der Waals surface area contributed by atoms with E-state index in [1.165, 1.54) is 34.6 Å². The molecule has 0 saturated heterocycles. The largest absolute Gasteiger partial charge is 0.373 e. The van der Waals surface area contributed by atoms with Crippen LogP contribution in [-0.4, -0.2) is 22.0 Å². The number of imidazole rings is 1. The molecule has 3 aromatic rings. The second-order valence-electron chi connectivity index (χ2n) is 4.82. The van der Waals surface area contributed by atoms with E-state index in [0.29, 0.717) is 0 Å². The van der Waals surface area contributed by atoms with Crippen molar-refractivity contribution in [3.63, 3.8) is 0 Å². The fraction of sp³-hybridized carbons (Fsp3) is 0.286. The van der Waals surface area contributed by atoms with Crippen LogP contribution in [0.25, 0.3) is 21.9 Å². The number of anilines is 1. The number of pyridine rings is 1. The van der Waals surface area contributed by atoms with Gasteiger partial charge < -0.3 is 10.3 Å². The number of fused-ring (bicyclic) bond motifs is 2. The maximum atomic E-state index is 4.61. The molecule has 0 unspecified atom stereocenters. The molecule has 1 aliphatic rings. The van der Waals surface area contributed by atoms with Crippen molar-refractivity contribution >= 4 is 28.3 Å². The summed E-state index contributed by atoms with van der Waals surface area (Å²) < 4.78 is 0. The van der Waals surface area contributed by atoms with Crippen molar-refractivity contribution in [1.82, 2.24) is 15.0 Å². The first-order valence-corrected chi connectivity index (χ1v) is 7.31. The van der Waals surface area contributed by atoms with Crippen molar-refractivity contribution in [1.29, 1.82) is 0 Å². The highest BCUT2D eigenvalue weighted by molar-refractivity contribution is 7.15. The van der Waals surface area contributed by atoms with Gasteiger partial charge in [0.1, 0.15) is 5.82 Å². The van der Waals surface area contributed by atoms with Gasteiger partial charge in [-0.1, -0.05) is 0 Å². The maximum Gasteiger partial charge on any atom is 0.180 e. The highest BCUT2D eigenvalue weighted by atomic mass is 32.1. The third-order valence-electron chi connectivity index (χ3n) is 3.58. The van der Waals surface area contributed by atoms with Crippen LogP contribution in [0.1, 0.15) is 16.9 Å². The van der Waals surface area contributed by atoms with Gasteiger partial charge in [-0.3, -0.25) is 0 Å². The van der Waals surface area contributed by atoms with E-state index < -0.39 is 0 Å². The Bertz CT molecular complexity index is 734. The van der Waals surface area contributed by atoms with E-state index in [2.05, 4.69) is 26.3 Å². The van der Waals surface area contributed by atoms with Gasteiger partial charge in [0, 0.05) is 11.9 Å². The molecule has 0 aromatic carbocycles. The summed E-state index contributed by atoms with van der Waals surface area (Å²) >= 11 is 1.86. The van der Waals surface area contributed by atoms with Gasteiger partial charge in [-0.2, -0.15) is 0 Å². The summed E-state index contributed by atoms with van der Waals surface area (Å²) in [5.41, 5.74) is 3.27. The summed E-state index contributed by atoms with van der Waals surface area (Å²) in [7, 11) is 1.87. The van der Waals surface area contributed by atoms with Crippen LogP contribution in [0.15, 0.2) is 18.2 Å². The minimum Gasteiger partial charge on any atom is -0.373 e. The number of aromatic nitrogens is 3. The van der Waals surface area contributed by atoms with Crippen LogP contribution in [0, 0.1) is 0 Å². The lowest BCUT2D eigenvalue weighted by Gasteiger charge is -1.95. The average molecular weight is 270 g/mol. The molecule has 2 N–H and O–H groups in total. The first-order chi connectivity index (χ1) is 9.33. The molecule has 0 amide bonds. The first-order valence-electron chi connectivity index (χ1n) is 6.50.